The maximum atomic E-state index is 2.42. The van der Waals surface area contributed by atoms with Gasteiger partial charge in [-0.25, -0.2) is 0 Å². The first-order chi connectivity index (χ1) is 9.75. The Morgan fingerprint density at radius 1 is 1.20 bits per heavy atom. The molecule has 1 aromatic carbocycles. The Morgan fingerprint density at radius 2 is 2.05 bits per heavy atom. The predicted molar refractivity (Wildman–Crippen MR) is 90.6 cm³/mol. The Balaban J connectivity index is 2.03. The van der Waals surface area contributed by atoms with Crippen molar-refractivity contribution in [1.29, 1.82) is 0 Å². The number of thioether (sulfide) groups is 1. The van der Waals surface area contributed by atoms with E-state index in [0.29, 0.717) is 0 Å². The molecule has 1 aliphatic heterocycles. The summed E-state index contributed by atoms with van der Waals surface area (Å²) in [5.41, 5.74) is 4.30. The van der Waals surface area contributed by atoms with Gasteiger partial charge in [-0.1, -0.05) is 30.3 Å². The summed E-state index contributed by atoms with van der Waals surface area (Å²) in [5.74, 6) is 1.07. The third kappa shape index (κ3) is 2.85. The zero-order valence-corrected chi connectivity index (χ0v) is 13.6. The highest BCUT2D eigenvalue weighted by atomic mass is 32.2. The summed E-state index contributed by atoms with van der Waals surface area (Å²) in [6.07, 6.45) is 3.51. The van der Waals surface area contributed by atoms with Crippen LogP contribution in [0.5, 0.6) is 0 Å². The fourth-order valence-electron chi connectivity index (χ4n) is 2.46. The molecule has 2 heterocycles. The van der Waals surface area contributed by atoms with Gasteiger partial charge in [0.2, 0.25) is 0 Å². The van der Waals surface area contributed by atoms with Crippen molar-refractivity contribution >= 4 is 28.7 Å². The molecule has 0 bridgehead atoms. The molecule has 3 heteroatoms. The predicted octanol–water partition coefficient (Wildman–Crippen LogP) is 4.74. The molecule has 1 aromatic heterocycles. The highest BCUT2D eigenvalue weighted by Crippen LogP contribution is 2.42. The first-order valence-electron chi connectivity index (χ1n) is 6.89. The fraction of sp³-hybridized carbons (Fsp3) is 0.294. The maximum absolute atomic E-state index is 2.42. The van der Waals surface area contributed by atoms with Gasteiger partial charge in [-0.3, -0.25) is 0 Å². The lowest BCUT2D eigenvalue weighted by Gasteiger charge is -2.11. The summed E-state index contributed by atoms with van der Waals surface area (Å²) < 4.78 is 0. The highest BCUT2D eigenvalue weighted by molar-refractivity contribution is 7.98. The zero-order chi connectivity index (χ0) is 13.9. The normalized spacial score (nSPS) is 16.1. The minimum Gasteiger partial charge on any atom is -0.309 e. The average molecular weight is 301 g/mol. The van der Waals surface area contributed by atoms with E-state index in [1.165, 1.54) is 26.5 Å². The molecule has 0 spiro atoms. The highest BCUT2D eigenvalue weighted by Gasteiger charge is 2.18. The van der Waals surface area contributed by atoms with Crippen molar-refractivity contribution in [2.45, 2.75) is 17.1 Å². The number of hydrogen-bond donors (Lipinski definition) is 0. The van der Waals surface area contributed by atoms with Gasteiger partial charge in [0.15, 0.2) is 0 Å². The Kier molecular flexibility index (Phi) is 4.29. The van der Waals surface area contributed by atoms with E-state index in [4.69, 9.17) is 0 Å². The van der Waals surface area contributed by atoms with Crippen LogP contribution in [-0.2, 0) is 5.75 Å². The average Bonchev–Trinajstić information content (AvgIpc) is 2.84. The number of thiophene rings is 1. The lowest BCUT2D eigenvalue weighted by Crippen LogP contribution is -2.12. The lowest BCUT2D eigenvalue weighted by atomic mass is 9.98. The van der Waals surface area contributed by atoms with Crippen LogP contribution in [0.15, 0.2) is 46.7 Å². The number of rotatable bonds is 3. The molecule has 0 unspecified atom stereocenters. The summed E-state index contributed by atoms with van der Waals surface area (Å²) in [6, 6.07) is 11.1. The van der Waals surface area contributed by atoms with Crippen LogP contribution in [0.3, 0.4) is 0 Å². The molecule has 0 radical (unpaired) electrons. The van der Waals surface area contributed by atoms with E-state index in [1.54, 1.807) is 0 Å². The molecule has 2 aromatic rings. The van der Waals surface area contributed by atoms with Crippen molar-refractivity contribution in [2.24, 2.45) is 0 Å². The zero-order valence-electron chi connectivity index (χ0n) is 11.9. The monoisotopic (exact) mass is 301 g/mol. The van der Waals surface area contributed by atoms with Gasteiger partial charge < -0.3 is 4.90 Å². The Bertz CT molecular complexity index is 625. The molecule has 0 amide bonds. The van der Waals surface area contributed by atoms with Crippen LogP contribution in [-0.4, -0.2) is 25.5 Å². The van der Waals surface area contributed by atoms with E-state index < -0.39 is 0 Å². The van der Waals surface area contributed by atoms with Crippen molar-refractivity contribution in [3.8, 4) is 0 Å². The second-order valence-corrected chi connectivity index (χ2v) is 7.20. The number of hydrogen-bond acceptors (Lipinski definition) is 3. The standard InChI is InChI=1S/C17H19NS2/c1-18(2)10-5-8-15-14-7-4-3-6-13(14)12-20-16-9-11-19-17(15)16/h3-4,6-9,11H,5,10,12H2,1-2H3/b15-8+. The third-order valence-electron chi connectivity index (χ3n) is 3.49. The maximum Gasteiger partial charge on any atom is 0.0481 e. The molecule has 1 aliphatic rings. The van der Waals surface area contributed by atoms with Gasteiger partial charge in [0, 0.05) is 22.1 Å². The fourth-order valence-corrected chi connectivity index (χ4v) is 4.68. The van der Waals surface area contributed by atoms with E-state index in [-0.39, 0.29) is 0 Å². The molecule has 0 saturated heterocycles. The van der Waals surface area contributed by atoms with Crippen molar-refractivity contribution in [1.82, 2.24) is 4.90 Å². The van der Waals surface area contributed by atoms with E-state index in [9.17, 15) is 0 Å². The molecule has 20 heavy (non-hydrogen) atoms. The molecule has 3 rings (SSSR count). The van der Waals surface area contributed by atoms with Gasteiger partial charge >= 0.3 is 0 Å². The minimum atomic E-state index is 1.07. The van der Waals surface area contributed by atoms with Gasteiger partial charge in [-0.2, -0.15) is 0 Å². The number of nitrogens with zero attached hydrogens (tertiary/aromatic N) is 1. The first-order valence-corrected chi connectivity index (χ1v) is 8.76. The molecular formula is C17H19NS2. The van der Waals surface area contributed by atoms with Crippen LogP contribution in [0, 0.1) is 0 Å². The smallest absolute Gasteiger partial charge is 0.0481 e. The van der Waals surface area contributed by atoms with Crippen molar-refractivity contribution < 1.29 is 0 Å². The van der Waals surface area contributed by atoms with Gasteiger partial charge in [0.05, 0.1) is 0 Å². The quantitative estimate of drug-likeness (QED) is 0.806. The molecule has 1 nitrogen and oxygen atoms in total. The van der Waals surface area contributed by atoms with Crippen molar-refractivity contribution in [3.05, 3.63) is 57.8 Å². The largest absolute Gasteiger partial charge is 0.309 e. The molecular weight excluding hydrogens is 282 g/mol. The van der Waals surface area contributed by atoms with E-state index in [2.05, 4.69) is 60.8 Å². The second kappa shape index (κ2) is 6.17. The van der Waals surface area contributed by atoms with E-state index in [1.807, 2.05) is 23.1 Å². The minimum absolute atomic E-state index is 1.07. The summed E-state index contributed by atoms with van der Waals surface area (Å²) in [5, 5.41) is 2.21. The van der Waals surface area contributed by atoms with Crippen molar-refractivity contribution in [2.75, 3.05) is 20.6 Å². The van der Waals surface area contributed by atoms with Crippen LogP contribution in [0.25, 0.3) is 5.57 Å². The van der Waals surface area contributed by atoms with Crippen LogP contribution in [0.4, 0.5) is 0 Å². The van der Waals surface area contributed by atoms with Gasteiger partial charge in [0.1, 0.15) is 0 Å². The molecule has 0 N–H and O–H groups in total. The van der Waals surface area contributed by atoms with Gasteiger partial charge in [-0.05, 0) is 48.7 Å². The second-order valence-electron chi connectivity index (χ2n) is 5.27. The summed E-state index contributed by atoms with van der Waals surface area (Å²) in [7, 11) is 4.26. The van der Waals surface area contributed by atoms with E-state index >= 15 is 0 Å². The number of benzene rings is 1. The Labute approximate surface area is 129 Å². The van der Waals surface area contributed by atoms with Crippen LogP contribution in [0.1, 0.15) is 22.4 Å². The third-order valence-corrected chi connectivity index (χ3v) is 5.67. The SMILES string of the molecule is CN(C)CC/C=C1\c2ccccc2CSc2ccsc21. The molecule has 0 aliphatic carbocycles. The summed E-state index contributed by atoms with van der Waals surface area (Å²) >= 11 is 3.83. The molecule has 104 valence electrons. The van der Waals surface area contributed by atoms with Crippen LogP contribution in [0.2, 0.25) is 0 Å². The summed E-state index contributed by atoms with van der Waals surface area (Å²) in [6.45, 7) is 1.10. The molecule has 0 fully saturated rings. The van der Waals surface area contributed by atoms with Crippen LogP contribution < -0.4 is 0 Å². The molecule has 0 atom stereocenters. The van der Waals surface area contributed by atoms with Gasteiger partial charge in [0.25, 0.3) is 0 Å². The molecule has 0 saturated carbocycles. The summed E-state index contributed by atoms with van der Waals surface area (Å²) in [4.78, 5) is 5.12. The Morgan fingerprint density at radius 3 is 2.90 bits per heavy atom. The lowest BCUT2D eigenvalue weighted by molar-refractivity contribution is 0.417. The Hall–Kier alpha value is -1.03. The first kappa shape index (κ1) is 13.9. The topological polar surface area (TPSA) is 3.24 Å². The van der Waals surface area contributed by atoms with Crippen molar-refractivity contribution in [3.63, 3.8) is 0 Å². The van der Waals surface area contributed by atoms with Gasteiger partial charge in [-0.15, -0.1) is 23.1 Å². The van der Waals surface area contributed by atoms with E-state index in [0.717, 1.165) is 18.7 Å². The van der Waals surface area contributed by atoms with Crippen LogP contribution >= 0.6 is 23.1 Å². The number of fused-ring (bicyclic) bond motifs is 2.